The van der Waals surface area contributed by atoms with Gasteiger partial charge in [-0.25, -0.2) is 4.39 Å². The van der Waals surface area contributed by atoms with Crippen LogP contribution in [0.2, 0.25) is 5.02 Å². The van der Waals surface area contributed by atoms with E-state index in [0.717, 1.165) is 16.6 Å². The molecule has 0 aliphatic rings. The van der Waals surface area contributed by atoms with Crippen LogP contribution in [0.5, 0.6) is 11.5 Å². The first-order valence-electron chi connectivity index (χ1n) is 9.15. The Bertz CT molecular complexity index is 979. The van der Waals surface area contributed by atoms with E-state index in [0.29, 0.717) is 28.6 Å². The highest BCUT2D eigenvalue weighted by Crippen LogP contribution is 2.37. The monoisotopic (exact) mass is 477 g/mol. The van der Waals surface area contributed by atoms with Gasteiger partial charge in [0.1, 0.15) is 12.4 Å². The standard InChI is InChI=1S/C23H22BrClFNO2/c1-15-3-5-16(6-4-15)12-27-13-17-9-20(24)23(22(10-17)28-2)29-14-18-7-8-19(26)11-21(18)25/h3-11,27H,12-14H2,1-2H3. The molecule has 0 heterocycles. The number of hydrogen-bond donors (Lipinski definition) is 1. The van der Waals surface area contributed by atoms with Gasteiger partial charge in [-0.3, -0.25) is 0 Å². The lowest BCUT2D eigenvalue weighted by atomic mass is 10.1. The maximum Gasteiger partial charge on any atom is 0.175 e. The van der Waals surface area contributed by atoms with Crippen molar-refractivity contribution < 1.29 is 13.9 Å². The van der Waals surface area contributed by atoms with Gasteiger partial charge in [-0.1, -0.05) is 47.5 Å². The van der Waals surface area contributed by atoms with Gasteiger partial charge in [-0.2, -0.15) is 0 Å². The van der Waals surface area contributed by atoms with Crippen molar-refractivity contribution in [1.82, 2.24) is 5.32 Å². The van der Waals surface area contributed by atoms with Crippen molar-refractivity contribution in [1.29, 1.82) is 0 Å². The van der Waals surface area contributed by atoms with E-state index in [4.69, 9.17) is 21.1 Å². The summed E-state index contributed by atoms with van der Waals surface area (Å²) in [5, 5.41) is 3.77. The van der Waals surface area contributed by atoms with Crippen LogP contribution in [0.3, 0.4) is 0 Å². The van der Waals surface area contributed by atoms with Crippen LogP contribution in [0.15, 0.2) is 59.1 Å². The van der Waals surface area contributed by atoms with Gasteiger partial charge in [0, 0.05) is 18.7 Å². The fourth-order valence-corrected chi connectivity index (χ4v) is 3.69. The normalized spacial score (nSPS) is 10.8. The number of methoxy groups -OCH3 is 1. The number of hydrogen-bond acceptors (Lipinski definition) is 3. The van der Waals surface area contributed by atoms with Crippen LogP contribution >= 0.6 is 27.5 Å². The quantitative estimate of drug-likeness (QED) is 0.405. The van der Waals surface area contributed by atoms with E-state index in [1.165, 1.54) is 23.3 Å². The largest absolute Gasteiger partial charge is 0.493 e. The van der Waals surface area contributed by atoms with E-state index in [9.17, 15) is 4.39 Å². The lowest BCUT2D eigenvalue weighted by molar-refractivity contribution is 0.282. The van der Waals surface area contributed by atoms with Crippen molar-refractivity contribution in [3.8, 4) is 11.5 Å². The first-order chi connectivity index (χ1) is 14.0. The predicted molar refractivity (Wildman–Crippen MR) is 118 cm³/mol. The molecule has 152 valence electrons. The molecule has 0 aliphatic carbocycles. The van der Waals surface area contributed by atoms with Crippen molar-refractivity contribution >= 4 is 27.5 Å². The Morgan fingerprint density at radius 2 is 1.72 bits per heavy atom. The first kappa shape index (κ1) is 21.6. The van der Waals surface area contributed by atoms with Crippen molar-refractivity contribution in [3.63, 3.8) is 0 Å². The number of rotatable bonds is 8. The average molecular weight is 479 g/mol. The summed E-state index contributed by atoms with van der Waals surface area (Å²) in [6.45, 7) is 3.75. The maximum atomic E-state index is 13.2. The maximum absolute atomic E-state index is 13.2. The number of nitrogens with one attached hydrogen (secondary N) is 1. The van der Waals surface area contributed by atoms with Gasteiger partial charge in [-0.15, -0.1) is 0 Å². The number of benzene rings is 3. The Kier molecular flexibility index (Phi) is 7.53. The topological polar surface area (TPSA) is 30.5 Å². The molecule has 0 atom stereocenters. The second kappa shape index (κ2) is 10.1. The summed E-state index contributed by atoms with van der Waals surface area (Å²) in [5.41, 5.74) is 4.25. The van der Waals surface area contributed by atoms with Crippen LogP contribution in [0.25, 0.3) is 0 Å². The van der Waals surface area contributed by atoms with Gasteiger partial charge in [0.2, 0.25) is 0 Å². The molecule has 0 saturated carbocycles. The van der Waals surface area contributed by atoms with E-state index in [-0.39, 0.29) is 12.4 Å². The minimum absolute atomic E-state index is 0.207. The summed E-state index contributed by atoms with van der Waals surface area (Å²) < 4.78 is 25.4. The summed E-state index contributed by atoms with van der Waals surface area (Å²) in [6.07, 6.45) is 0. The van der Waals surface area contributed by atoms with Crippen LogP contribution in [0.1, 0.15) is 22.3 Å². The van der Waals surface area contributed by atoms with Gasteiger partial charge in [0.15, 0.2) is 11.5 Å². The van der Waals surface area contributed by atoms with E-state index in [1.807, 2.05) is 12.1 Å². The molecule has 0 saturated heterocycles. The predicted octanol–water partition coefficient (Wildman–Crippen LogP) is 6.43. The zero-order chi connectivity index (χ0) is 20.8. The zero-order valence-corrected chi connectivity index (χ0v) is 18.6. The molecule has 3 rings (SSSR count). The Labute approximate surface area is 183 Å². The second-order valence-corrected chi connectivity index (χ2v) is 7.98. The lowest BCUT2D eigenvalue weighted by Crippen LogP contribution is -2.13. The molecule has 0 amide bonds. The third-order valence-electron chi connectivity index (χ3n) is 4.46. The highest BCUT2D eigenvalue weighted by Gasteiger charge is 2.13. The molecule has 0 radical (unpaired) electrons. The van der Waals surface area contributed by atoms with Gasteiger partial charge >= 0.3 is 0 Å². The molecule has 6 heteroatoms. The van der Waals surface area contributed by atoms with Crippen LogP contribution in [0, 0.1) is 12.7 Å². The van der Waals surface area contributed by atoms with Gasteiger partial charge in [0.25, 0.3) is 0 Å². The van der Waals surface area contributed by atoms with E-state index in [2.05, 4.69) is 52.4 Å². The molecule has 0 unspecified atom stereocenters. The van der Waals surface area contributed by atoms with Crippen molar-refractivity contribution in [2.24, 2.45) is 0 Å². The molecule has 0 fully saturated rings. The molecular formula is C23H22BrClFNO2. The van der Waals surface area contributed by atoms with Crippen molar-refractivity contribution in [2.45, 2.75) is 26.6 Å². The Balaban J connectivity index is 1.65. The molecule has 0 aromatic heterocycles. The summed E-state index contributed by atoms with van der Waals surface area (Å²) in [6, 6.07) is 16.6. The molecule has 1 N–H and O–H groups in total. The second-order valence-electron chi connectivity index (χ2n) is 6.72. The summed E-state index contributed by atoms with van der Waals surface area (Å²) in [7, 11) is 1.60. The fraction of sp³-hybridized carbons (Fsp3) is 0.217. The summed E-state index contributed by atoms with van der Waals surface area (Å²) in [5.74, 6) is 0.819. The van der Waals surface area contributed by atoms with Crippen molar-refractivity contribution in [2.75, 3.05) is 7.11 Å². The van der Waals surface area contributed by atoms with E-state index < -0.39 is 0 Å². The minimum Gasteiger partial charge on any atom is -0.493 e. The molecule has 0 bridgehead atoms. The van der Waals surface area contributed by atoms with Gasteiger partial charge in [0.05, 0.1) is 16.6 Å². The Hall–Kier alpha value is -2.08. The van der Waals surface area contributed by atoms with Crippen LogP contribution < -0.4 is 14.8 Å². The summed E-state index contributed by atoms with van der Waals surface area (Å²) in [4.78, 5) is 0. The third kappa shape index (κ3) is 5.95. The smallest absolute Gasteiger partial charge is 0.175 e. The Morgan fingerprint density at radius 3 is 2.41 bits per heavy atom. The molecule has 3 aromatic rings. The van der Waals surface area contributed by atoms with E-state index in [1.54, 1.807) is 13.2 Å². The lowest BCUT2D eigenvalue weighted by Gasteiger charge is -2.15. The SMILES string of the molecule is COc1cc(CNCc2ccc(C)cc2)cc(Br)c1OCc1ccc(F)cc1Cl. The molecule has 0 aliphatic heterocycles. The highest BCUT2D eigenvalue weighted by atomic mass is 79.9. The molecule has 3 nitrogen and oxygen atoms in total. The molecule has 29 heavy (non-hydrogen) atoms. The Morgan fingerprint density at radius 1 is 1.00 bits per heavy atom. The summed E-state index contributed by atoms with van der Waals surface area (Å²) >= 11 is 9.64. The third-order valence-corrected chi connectivity index (χ3v) is 5.40. The van der Waals surface area contributed by atoms with Crippen LogP contribution in [-0.2, 0) is 19.7 Å². The fourth-order valence-electron chi connectivity index (χ4n) is 2.86. The average Bonchev–Trinajstić information content (AvgIpc) is 2.69. The first-order valence-corrected chi connectivity index (χ1v) is 10.3. The highest BCUT2D eigenvalue weighted by molar-refractivity contribution is 9.10. The van der Waals surface area contributed by atoms with E-state index >= 15 is 0 Å². The zero-order valence-electron chi connectivity index (χ0n) is 16.3. The molecular weight excluding hydrogens is 457 g/mol. The molecule has 3 aromatic carbocycles. The number of halogens is 3. The van der Waals surface area contributed by atoms with Crippen molar-refractivity contribution in [3.05, 3.63) is 92.2 Å². The minimum atomic E-state index is -0.375. The van der Waals surface area contributed by atoms with Crippen LogP contribution in [-0.4, -0.2) is 7.11 Å². The van der Waals surface area contributed by atoms with Gasteiger partial charge in [-0.05, 0) is 58.2 Å². The van der Waals surface area contributed by atoms with Gasteiger partial charge < -0.3 is 14.8 Å². The van der Waals surface area contributed by atoms with Crippen LogP contribution in [0.4, 0.5) is 4.39 Å². The number of aryl methyl sites for hydroxylation is 1. The number of ether oxygens (including phenoxy) is 2. The molecule has 0 spiro atoms.